The van der Waals surface area contributed by atoms with Gasteiger partial charge in [-0.15, -0.1) is 0 Å². The molecule has 0 unspecified atom stereocenters. The number of fused-ring (bicyclic) bond motifs is 2. The van der Waals surface area contributed by atoms with Crippen LogP contribution >= 0.6 is 11.9 Å². The second-order valence-corrected chi connectivity index (χ2v) is 6.71. The van der Waals surface area contributed by atoms with Crippen LogP contribution in [0.25, 0.3) is 0 Å². The van der Waals surface area contributed by atoms with Crippen molar-refractivity contribution < 1.29 is 9.53 Å². The predicted molar refractivity (Wildman–Crippen MR) is 99.8 cm³/mol. The Kier molecular flexibility index (Phi) is 5.30. The van der Waals surface area contributed by atoms with Crippen molar-refractivity contribution in [2.24, 2.45) is 0 Å². The third-order valence-electron chi connectivity index (χ3n) is 4.41. The van der Waals surface area contributed by atoms with Crippen molar-refractivity contribution in [3.63, 3.8) is 0 Å². The molecule has 4 nitrogen and oxygen atoms in total. The summed E-state index contributed by atoms with van der Waals surface area (Å²) in [5, 5.41) is 3.59. The minimum atomic E-state index is -0.239. The lowest BCUT2D eigenvalue weighted by Gasteiger charge is -2.16. The highest BCUT2D eigenvalue weighted by Gasteiger charge is 2.24. The van der Waals surface area contributed by atoms with Crippen molar-refractivity contribution in [2.45, 2.75) is 38.5 Å². The van der Waals surface area contributed by atoms with Gasteiger partial charge in [0, 0.05) is 17.6 Å². The van der Waals surface area contributed by atoms with Crippen LogP contribution in [0, 0.1) is 0 Å². The molecule has 0 aromatic heterocycles. The predicted octanol–water partition coefficient (Wildman–Crippen LogP) is 4.62. The first-order valence-electron chi connectivity index (χ1n) is 8.23. The molecule has 0 saturated carbocycles. The summed E-state index contributed by atoms with van der Waals surface area (Å²) in [7, 11) is 0. The Labute approximate surface area is 147 Å². The summed E-state index contributed by atoms with van der Waals surface area (Å²) >= 11 is 1.10. The van der Waals surface area contributed by atoms with Crippen molar-refractivity contribution in [1.29, 1.82) is 0 Å². The molecule has 5 heteroatoms. The summed E-state index contributed by atoms with van der Waals surface area (Å²) in [5.74, 6) is 0. The molecule has 0 heterocycles. The minimum Gasteiger partial charge on any atom is -0.457 e. The molecule has 0 atom stereocenters. The Morgan fingerprint density at radius 1 is 1.12 bits per heavy atom. The molecule has 2 aliphatic carbocycles. The van der Waals surface area contributed by atoms with Gasteiger partial charge in [0.1, 0.15) is 0 Å². The normalized spacial score (nSPS) is 15.4. The van der Waals surface area contributed by atoms with Crippen LogP contribution in [-0.4, -0.2) is 6.03 Å². The van der Waals surface area contributed by atoms with E-state index in [-0.39, 0.29) is 6.03 Å². The number of rotatable bonds is 6. The number of carbonyl (C=O) groups excluding carboxylic acids is 1. The minimum absolute atomic E-state index is 0.239. The van der Waals surface area contributed by atoms with Crippen molar-refractivity contribution in [3.8, 4) is 0 Å². The second kappa shape index (κ2) is 7.62. The van der Waals surface area contributed by atoms with E-state index in [1.807, 2.05) is 0 Å². The van der Waals surface area contributed by atoms with Gasteiger partial charge in [0.05, 0.1) is 6.26 Å². The molecule has 0 radical (unpaired) electrons. The lowest BCUT2D eigenvalue weighted by molar-refractivity contribution is 0.257. The van der Waals surface area contributed by atoms with E-state index in [4.69, 9.17) is 4.74 Å². The topological polar surface area (TPSA) is 50.4 Å². The molecule has 0 fully saturated rings. The molecule has 0 spiro atoms. The van der Waals surface area contributed by atoms with Gasteiger partial charge in [-0.3, -0.25) is 4.72 Å². The lowest BCUT2D eigenvalue weighted by Crippen LogP contribution is -2.24. The number of aryl methyl sites for hydroxylation is 2. The van der Waals surface area contributed by atoms with Crippen LogP contribution in [0.4, 0.5) is 10.5 Å². The SMILES string of the molecule is C=C/C=C(\OC=C)SNC(=O)Nc1c2c(cc3c1CCC3)CCC2. The molecule has 2 aliphatic rings. The number of anilines is 1. The number of allylic oxidation sites excluding steroid dienone is 2. The standard InChI is InChI=1S/C19H22N2O2S/c1-3-7-17(23-4-2)24-21-19(22)20-18-15-10-5-8-13(15)12-14-9-6-11-16(14)18/h3-4,7,12H,1-2,5-6,8-11H2,(H2,20,21,22)/b17-7+. The maximum absolute atomic E-state index is 12.3. The highest BCUT2D eigenvalue weighted by Crippen LogP contribution is 2.38. The van der Waals surface area contributed by atoms with Gasteiger partial charge >= 0.3 is 6.03 Å². The Bertz CT molecular complexity index is 678. The Morgan fingerprint density at radius 3 is 2.38 bits per heavy atom. The van der Waals surface area contributed by atoms with E-state index in [1.165, 1.54) is 41.4 Å². The number of carbonyl (C=O) groups is 1. The van der Waals surface area contributed by atoms with Gasteiger partial charge in [0.15, 0.2) is 5.09 Å². The molecule has 1 aromatic carbocycles. The fraction of sp³-hybridized carbons (Fsp3) is 0.316. The van der Waals surface area contributed by atoms with Gasteiger partial charge in [0.25, 0.3) is 0 Å². The highest BCUT2D eigenvalue weighted by atomic mass is 32.2. The summed E-state index contributed by atoms with van der Waals surface area (Å²) in [6, 6.07) is 2.11. The number of ether oxygens (including phenoxy) is 1. The first-order chi connectivity index (χ1) is 11.7. The maximum atomic E-state index is 12.3. The molecule has 1 aromatic rings. The summed E-state index contributed by atoms with van der Waals surface area (Å²) in [6.45, 7) is 7.14. The quantitative estimate of drug-likeness (QED) is 0.450. The third-order valence-corrected chi connectivity index (χ3v) is 5.13. The van der Waals surface area contributed by atoms with Crippen LogP contribution in [-0.2, 0) is 30.4 Å². The molecule has 126 valence electrons. The van der Waals surface area contributed by atoms with E-state index in [0.29, 0.717) is 5.09 Å². The molecular weight excluding hydrogens is 320 g/mol. The Balaban J connectivity index is 1.72. The zero-order valence-electron chi connectivity index (χ0n) is 13.7. The molecule has 2 N–H and O–H groups in total. The monoisotopic (exact) mass is 342 g/mol. The van der Waals surface area contributed by atoms with Crippen LogP contribution in [0.5, 0.6) is 0 Å². The Hall–Kier alpha value is -2.14. The van der Waals surface area contributed by atoms with Crippen molar-refractivity contribution >= 4 is 23.7 Å². The smallest absolute Gasteiger partial charge is 0.329 e. The lowest BCUT2D eigenvalue weighted by atomic mass is 9.99. The first-order valence-corrected chi connectivity index (χ1v) is 9.05. The van der Waals surface area contributed by atoms with E-state index in [1.54, 1.807) is 12.2 Å². The maximum Gasteiger partial charge on any atom is 0.329 e. The fourth-order valence-electron chi connectivity index (χ4n) is 3.48. The third kappa shape index (κ3) is 3.51. The van der Waals surface area contributed by atoms with Crippen molar-refractivity contribution in [2.75, 3.05) is 5.32 Å². The van der Waals surface area contributed by atoms with Gasteiger partial charge in [-0.1, -0.05) is 25.3 Å². The molecule has 0 bridgehead atoms. The van der Waals surface area contributed by atoms with Crippen LogP contribution in [0.2, 0.25) is 0 Å². The van der Waals surface area contributed by atoms with Gasteiger partial charge < -0.3 is 10.1 Å². The number of hydrogen-bond acceptors (Lipinski definition) is 3. The molecule has 0 saturated heterocycles. The van der Waals surface area contributed by atoms with Gasteiger partial charge in [0.2, 0.25) is 0 Å². The first kappa shape index (κ1) is 16.7. The van der Waals surface area contributed by atoms with E-state index in [2.05, 4.69) is 29.3 Å². The summed E-state index contributed by atoms with van der Waals surface area (Å²) in [5.41, 5.74) is 6.48. The zero-order valence-corrected chi connectivity index (χ0v) is 14.5. The van der Waals surface area contributed by atoms with Gasteiger partial charge in [-0.05, 0) is 66.9 Å². The van der Waals surface area contributed by atoms with Crippen molar-refractivity contribution in [3.05, 3.63) is 65.0 Å². The molecule has 24 heavy (non-hydrogen) atoms. The van der Waals surface area contributed by atoms with E-state index in [9.17, 15) is 4.79 Å². The molecule has 0 aliphatic heterocycles. The Morgan fingerprint density at radius 2 is 1.79 bits per heavy atom. The number of amides is 2. The van der Waals surface area contributed by atoms with E-state index < -0.39 is 0 Å². The van der Waals surface area contributed by atoms with Crippen molar-refractivity contribution in [1.82, 2.24) is 4.72 Å². The van der Waals surface area contributed by atoms with E-state index in [0.717, 1.165) is 43.3 Å². The zero-order chi connectivity index (χ0) is 16.9. The number of nitrogens with one attached hydrogen (secondary N) is 2. The highest BCUT2D eigenvalue weighted by molar-refractivity contribution is 8.01. The summed E-state index contributed by atoms with van der Waals surface area (Å²) < 4.78 is 7.97. The number of benzene rings is 1. The number of hydrogen-bond donors (Lipinski definition) is 2. The van der Waals surface area contributed by atoms with Crippen LogP contribution in [0.1, 0.15) is 35.1 Å². The van der Waals surface area contributed by atoms with Crippen LogP contribution in [0.3, 0.4) is 0 Å². The molecule has 3 rings (SSSR count). The molecule has 2 amide bonds. The molecular formula is C19H22N2O2S. The van der Waals surface area contributed by atoms with Gasteiger partial charge in [-0.25, -0.2) is 4.79 Å². The van der Waals surface area contributed by atoms with Crippen LogP contribution in [0.15, 0.2) is 42.7 Å². The summed E-state index contributed by atoms with van der Waals surface area (Å²) in [6.07, 6.45) is 11.3. The number of urea groups is 1. The van der Waals surface area contributed by atoms with Gasteiger partial charge in [-0.2, -0.15) is 0 Å². The fourth-order valence-corrected chi connectivity index (χ4v) is 4.00. The van der Waals surface area contributed by atoms with Crippen LogP contribution < -0.4 is 10.0 Å². The average molecular weight is 342 g/mol. The average Bonchev–Trinajstić information content (AvgIpc) is 3.21. The van der Waals surface area contributed by atoms with E-state index >= 15 is 0 Å². The largest absolute Gasteiger partial charge is 0.457 e. The second-order valence-electron chi connectivity index (χ2n) is 5.90. The summed E-state index contributed by atoms with van der Waals surface area (Å²) in [4.78, 5) is 12.3.